The van der Waals surface area contributed by atoms with Crippen molar-refractivity contribution in [1.82, 2.24) is 0 Å². The summed E-state index contributed by atoms with van der Waals surface area (Å²) in [6.07, 6.45) is 2.90. The molecule has 218 valence electrons. The molecule has 0 aliphatic rings. The van der Waals surface area contributed by atoms with Crippen molar-refractivity contribution in [2.75, 3.05) is 19.6 Å². The maximum absolute atomic E-state index is 10.2. The van der Waals surface area contributed by atoms with Crippen LogP contribution in [0.1, 0.15) is 44.9 Å². The van der Waals surface area contributed by atoms with Crippen LogP contribution in [0.25, 0.3) is 0 Å². The van der Waals surface area contributed by atoms with Crippen LogP contribution in [-0.2, 0) is 24.0 Å². The van der Waals surface area contributed by atoms with Crippen LogP contribution in [-0.4, -0.2) is 99.1 Å². The Morgan fingerprint density at radius 3 is 1.30 bits per heavy atom. The van der Waals surface area contributed by atoms with E-state index in [1.54, 1.807) is 0 Å². The van der Waals surface area contributed by atoms with Crippen LogP contribution >= 0.6 is 0 Å². The predicted molar refractivity (Wildman–Crippen MR) is 133 cm³/mol. The molecule has 0 radical (unpaired) electrons. The molecule has 37 heavy (non-hydrogen) atoms. The monoisotopic (exact) mass is 542 g/mol. The standard InChI is InChI=1S/C6H14N4O2.C6H14N2O2.C5H9NO4.C2H5NO2/c7-4(5(11)12)2-1-3-10-6(8)9;7-4-2-1-3-5(8)6(9)10;6-3(5(9)10)1-2-4(7)8;3-1-2(4)5/h4H,1-3,7H2,(H,11,12)(H4,8,9,10);5H,1-4,7-8H2,(H,9,10);3H,1-2,6H2,(H,7,8)(H,9,10);1,3H2,(H,4,5). The number of rotatable bonds is 15. The molecule has 0 heterocycles. The van der Waals surface area contributed by atoms with E-state index >= 15 is 0 Å². The highest BCUT2D eigenvalue weighted by Gasteiger charge is 2.12. The summed E-state index contributed by atoms with van der Waals surface area (Å²) in [7, 11) is 0. The van der Waals surface area contributed by atoms with E-state index in [4.69, 9.17) is 59.9 Å². The van der Waals surface area contributed by atoms with Crippen LogP contribution < -0.4 is 40.1 Å². The molecule has 0 aliphatic heterocycles. The zero-order valence-corrected chi connectivity index (χ0v) is 20.6. The number of carbonyl (C=O) groups is 5. The number of aliphatic carboxylic acids is 5. The van der Waals surface area contributed by atoms with Crippen molar-refractivity contribution in [2.45, 2.75) is 63.1 Å². The average Bonchev–Trinajstić information content (AvgIpc) is 2.80. The summed E-state index contributed by atoms with van der Waals surface area (Å²) in [5.74, 6) is -5.08. The van der Waals surface area contributed by atoms with E-state index < -0.39 is 48.0 Å². The Hall–Kier alpha value is -3.58. The lowest BCUT2D eigenvalue weighted by Gasteiger charge is -2.03. The van der Waals surface area contributed by atoms with E-state index in [2.05, 4.69) is 10.7 Å². The maximum atomic E-state index is 10.2. The second-order valence-electron chi connectivity index (χ2n) is 7.10. The Labute approximate surface area is 213 Å². The largest absolute Gasteiger partial charge is 0.481 e. The molecule has 0 bridgehead atoms. The zero-order valence-electron chi connectivity index (χ0n) is 20.6. The van der Waals surface area contributed by atoms with Gasteiger partial charge in [0, 0.05) is 13.0 Å². The fourth-order valence-electron chi connectivity index (χ4n) is 1.68. The summed E-state index contributed by atoms with van der Waals surface area (Å²) in [5.41, 5.74) is 35.3. The Morgan fingerprint density at radius 2 is 1.00 bits per heavy atom. The van der Waals surface area contributed by atoms with Gasteiger partial charge in [0.2, 0.25) is 0 Å². The van der Waals surface area contributed by atoms with Gasteiger partial charge in [-0.1, -0.05) is 6.42 Å². The van der Waals surface area contributed by atoms with Gasteiger partial charge in [-0.3, -0.25) is 29.0 Å². The molecule has 0 saturated carbocycles. The Morgan fingerprint density at radius 1 is 0.622 bits per heavy atom. The predicted octanol–water partition coefficient (Wildman–Crippen LogP) is -3.73. The first-order chi connectivity index (χ1) is 17.0. The highest BCUT2D eigenvalue weighted by molar-refractivity contribution is 5.76. The molecule has 0 aliphatic carbocycles. The molecule has 0 amide bonds. The summed E-state index contributed by atoms with van der Waals surface area (Å²) in [4.78, 5) is 53.1. The lowest BCUT2D eigenvalue weighted by atomic mass is 10.1. The van der Waals surface area contributed by atoms with Gasteiger partial charge in [0.15, 0.2) is 5.96 Å². The SMILES string of the molecule is NC(CCC(=O)O)C(=O)O.NC(N)=NCCCC(N)C(=O)O.NCC(=O)O.NCCCCC(N)C(=O)O. The van der Waals surface area contributed by atoms with E-state index in [0.29, 0.717) is 32.4 Å². The summed E-state index contributed by atoms with van der Waals surface area (Å²) >= 11 is 0. The molecule has 0 rings (SSSR count). The van der Waals surface area contributed by atoms with Crippen LogP contribution in [0.5, 0.6) is 0 Å². The van der Waals surface area contributed by atoms with Gasteiger partial charge in [0.1, 0.15) is 18.1 Å². The lowest BCUT2D eigenvalue weighted by Crippen LogP contribution is -2.30. The third-order valence-electron chi connectivity index (χ3n) is 3.73. The average molecular weight is 543 g/mol. The van der Waals surface area contributed by atoms with E-state index in [0.717, 1.165) is 12.8 Å². The number of carboxylic acid groups (broad SMARTS) is 5. The maximum Gasteiger partial charge on any atom is 0.320 e. The number of carboxylic acids is 5. The number of aliphatic imine (C=N–C) groups is 1. The highest BCUT2D eigenvalue weighted by atomic mass is 16.4. The molecular formula is C19H42N8O10. The van der Waals surface area contributed by atoms with E-state index in [9.17, 15) is 24.0 Å². The first-order valence-corrected chi connectivity index (χ1v) is 10.9. The Kier molecular flexibility index (Phi) is 29.6. The smallest absolute Gasteiger partial charge is 0.320 e. The quantitative estimate of drug-likeness (QED) is 0.0537. The third-order valence-corrected chi connectivity index (χ3v) is 3.73. The fourth-order valence-corrected chi connectivity index (χ4v) is 1.68. The minimum Gasteiger partial charge on any atom is -0.481 e. The van der Waals surface area contributed by atoms with Gasteiger partial charge in [-0.05, 0) is 38.6 Å². The number of hydrogen-bond donors (Lipinski definition) is 12. The zero-order chi connectivity index (χ0) is 30.0. The molecule has 19 N–H and O–H groups in total. The molecule has 3 atom stereocenters. The molecule has 0 aromatic carbocycles. The van der Waals surface area contributed by atoms with Gasteiger partial charge in [-0.2, -0.15) is 0 Å². The van der Waals surface area contributed by atoms with Crippen LogP contribution in [0.3, 0.4) is 0 Å². The summed E-state index contributed by atoms with van der Waals surface area (Å²) in [5, 5.41) is 40.6. The van der Waals surface area contributed by atoms with Crippen molar-refractivity contribution in [3.8, 4) is 0 Å². The van der Waals surface area contributed by atoms with Gasteiger partial charge in [0.05, 0.1) is 6.54 Å². The summed E-state index contributed by atoms with van der Waals surface area (Å²) in [6.45, 7) is 0.746. The molecule has 18 heteroatoms. The minimum atomic E-state index is -1.17. The van der Waals surface area contributed by atoms with Crippen molar-refractivity contribution >= 4 is 35.8 Å². The molecular weight excluding hydrogens is 500 g/mol. The molecule has 3 unspecified atom stereocenters. The van der Waals surface area contributed by atoms with Gasteiger partial charge in [-0.25, -0.2) is 0 Å². The van der Waals surface area contributed by atoms with Crippen LogP contribution in [0.2, 0.25) is 0 Å². The first-order valence-electron chi connectivity index (χ1n) is 10.9. The third kappa shape index (κ3) is 39.9. The first kappa shape index (κ1) is 40.6. The normalized spacial score (nSPS) is 11.8. The number of nitrogens with zero attached hydrogens (tertiary/aromatic N) is 1. The van der Waals surface area contributed by atoms with Crippen LogP contribution in [0.4, 0.5) is 0 Å². The fraction of sp³-hybridized carbons (Fsp3) is 0.684. The number of nitrogens with two attached hydrogens (primary N) is 7. The van der Waals surface area contributed by atoms with Gasteiger partial charge in [-0.15, -0.1) is 0 Å². The molecule has 18 nitrogen and oxygen atoms in total. The van der Waals surface area contributed by atoms with E-state index in [1.165, 1.54) is 0 Å². The van der Waals surface area contributed by atoms with E-state index in [1.807, 2.05) is 0 Å². The van der Waals surface area contributed by atoms with Gasteiger partial charge >= 0.3 is 29.8 Å². The highest BCUT2D eigenvalue weighted by Crippen LogP contribution is 1.97. The summed E-state index contributed by atoms with van der Waals surface area (Å²) < 4.78 is 0. The van der Waals surface area contributed by atoms with Crippen molar-refractivity contribution in [1.29, 1.82) is 0 Å². The van der Waals surface area contributed by atoms with Gasteiger partial charge in [0.25, 0.3) is 0 Å². The second-order valence-corrected chi connectivity index (χ2v) is 7.10. The van der Waals surface area contributed by atoms with Crippen molar-refractivity contribution in [3.05, 3.63) is 0 Å². The van der Waals surface area contributed by atoms with Crippen molar-refractivity contribution in [3.63, 3.8) is 0 Å². The van der Waals surface area contributed by atoms with Crippen molar-refractivity contribution < 1.29 is 49.5 Å². The second kappa shape index (κ2) is 27.0. The number of unbranched alkanes of at least 4 members (excludes halogenated alkanes) is 1. The minimum absolute atomic E-state index is 0.0129. The topological polar surface area (TPSA) is 381 Å². The molecule has 0 aromatic rings. The molecule has 0 spiro atoms. The van der Waals surface area contributed by atoms with Crippen LogP contribution in [0.15, 0.2) is 4.99 Å². The van der Waals surface area contributed by atoms with Crippen LogP contribution in [0, 0.1) is 0 Å². The van der Waals surface area contributed by atoms with E-state index in [-0.39, 0.29) is 25.3 Å². The van der Waals surface area contributed by atoms with Crippen molar-refractivity contribution in [2.24, 2.45) is 45.1 Å². The lowest BCUT2D eigenvalue weighted by molar-refractivity contribution is -0.141. The Bertz CT molecular complexity index is 690. The number of hydrogen-bond acceptors (Lipinski definition) is 11. The molecule has 0 fully saturated rings. The van der Waals surface area contributed by atoms with Gasteiger partial charge < -0.3 is 65.7 Å². The molecule has 0 aromatic heterocycles. The number of guanidine groups is 1. The summed E-state index contributed by atoms with van der Waals surface area (Å²) in [6, 6.07) is -2.60. The Balaban J connectivity index is -0.000000203. The molecule has 0 saturated heterocycles.